The van der Waals surface area contributed by atoms with Crippen molar-refractivity contribution in [1.29, 1.82) is 5.26 Å². The molecule has 18 heteroatoms. The van der Waals surface area contributed by atoms with Crippen molar-refractivity contribution in [2.75, 3.05) is 44.0 Å². The Bertz CT molecular complexity index is 2280. The zero-order chi connectivity index (χ0) is 37.7. The molecule has 4 heterocycles. The second-order valence-corrected chi connectivity index (χ2v) is 15.9. The highest BCUT2D eigenvalue weighted by molar-refractivity contribution is 7.90. The molecule has 1 saturated carbocycles. The van der Waals surface area contributed by atoms with Gasteiger partial charge in [-0.15, -0.1) is 0 Å². The van der Waals surface area contributed by atoms with Crippen LogP contribution >= 0.6 is 0 Å². The van der Waals surface area contributed by atoms with E-state index in [0.29, 0.717) is 43.2 Å². The van der Waals surface area contributed by atoms with Crippen molar-refractivity contribution in [3.63, 3.8) is 0 Å². The molecular formula is C35H37F2N9O6S. The molecule has 2 aromatic carbocycles. The van der Waals surface area contributed by atoms with Gasteiger partial charge in [0, 0.05) is 39.3 Å². The molecule has 1 aliphatic carbocycles. The number of amides is 1. The van der Waals surface area contributed by atoms with Crippen LogP contribution < -0.4 is 15.0 Å². The number of fused-ring (bicyclic) bond motifs is 1. The molecule has 0 radical (unpaired) electrons. The first-order chi connectivity index (χ1) is 25.2. The standard InChI is InChI=1S/C35H37F2N9O6S/c1-34(2,3)52-33(48)43-12-14-44(15-13-43)35(9-10-35)32-39-18-23(19-40-32)46-21-41-28-6-4-24(16-25(28)31(46)47)51-30-26(17-38)29(7-5-27(30)37)42-53(49,50)45-11-8-22(36)20-45/h4-7,16,18-19,21-22,42H,8-15,20H2,1-3H3/t22-/m1/s1. The van der Waals surface area contributed by atoms with Gasteiger partial charge in [0.25, 0.3) is 5.56 Å². The second-order valence-electron chi connectivity index (χ2n) is 14.2. The number of carbonyl (C=O) groups excluding carboxylic acids is 1. The number of benzene rings is 2. The Hall–Kier alpha value is -5.25. The Morgan fingerprint density at radius 2 is 1.77 bits per heavy atom. The first-order valence-electron chi connectivity index (χ1n) is 17.1. The lowest BCUT2D eigenvalue weighted by atomic mass is 10.1. The lowest BCUT2D eigenvalue weighted by Crippen LogP contribution is -2.53. The minimum atomic E-state index is -4.24. The van der Waals surface area contributed by atoms with Crippen molar-refractivity contribution in [3.8, 4) is 23.3 Å². The van der Waals surface area contributed by atoms with Gasteiger partial charge in [0.1, 0.15) is 41.3 Å². The van der Waals surface area contributed by atoms with E-state index in [2.05, 4.69) is 24.6 Å². The molecule has 0 spiro atoms. The number of aromatic nitrogens is 4. The molecule has 1 N–H and O–H groups in total. The molecule has 3 aliphatic rings. The summed E-state index contributed by atoms with van der Waals surface area (Å²) in [6, 6.07) is 8.06. The number of carbonyl (C=O) groups is 1. The lowest BCUT2D eigenvalue weighted by Gasteiger charge is -2.39. The van der Waals surface area contributed by atoms with E-state index in [9.17, 15) is 27.7 Å². The maximum atomic E-state index is 15.1. The van der Waals surface area contributed by atoms with Crippen LogP contribution in [0.4, 0.5) is 19.3 Å². The van der Waals surface area contributed by atoms with Crippen molar-refractivity contribution in [2.45, 2.75) is 57.3 Å². The quantitative estimate of drug-likeness (QED) is 0.273. The van der Waals surface area contributed by atoms with Crippen LogP contribution in [-0.4, -0.2) is 99.2 Å². The number of rotatable bonds is 8. The zero-order valence-electron chi connectivity index (χ0n) is 29.3. The van der Waals surface area contributed by atoms with Gasteiger partial charge in [0.2, 0.25) is 0 Å². The third-order valence-corrected chi connectivity index (χ3v) is 10.9. The summed E-state index contributed by atoms with van der Waals surface area (Å²) in [6.45, 7) is 7.46. The minimum Gasteiger partial charge on any atom is -0.453 e. The number of piperazine rings is 1. The first kappa shape index (κ1) is 36.1. The van der Waals surface area contributed by atoms with Crippen molar-refractivity contribution < 1.29 is 31.5 Å². The van der Waals surface area contributed by atoms with E-state index < -0.39 is 44.7 Å². The highest BCUT2D eigenvalue weighted by Crippen LogP contribution is 2.49. The van der Waals surface area contributed by atoms with Crippen molar-refractivity contribution in [1.82, 2.24) is 33.6 Å². The van der Waals surface area contributed by atoms with Crippen LogP contribution in [0.25, 0.3) is 16.6 Å². The van der Waals surface area contributed by atoms with Gasteiger partial charge >= 0.3 is 16.3 Å². The predicted octanol–water partition coefficient (Wildman–Crippen LogP) is 4.22. The fourth-order valence-corrected chi connectivity index (χ4v) is 7.84. The molecule has 4 aromatic rings. The van der Waals surface area contributed by atoms with Crippen molar-refractivity contribution in [3.05, 3.63) is 76.6 Å². The Morgan fingerprint density at radius 1 is 1.06 bits per heavy atom. The number of hydrogen-bond donors (Lipinski definition) is 1. The van der Waals surface area contributed by atoms with Crippen LogP contribution in [0.2, 0.25) is 0 Å². The largest absolute Gasteiger partial charge is 0.453 e. The molecule has 53 heavy (non-hydrogen) atoms. The number of alkyl halides is 1. The van der Waals surface area contributed by atoms with Crippen LogP contribution in [-0.2, 0) is 20.5 Å². The summed E-state index contributed by atoms with van der Waals surface area (Å²) >= 11 is 0. The zero-order valence-corrected chi connectivity index (χ0v) is 30.1. The smallest absolute Gasteiger partial charge is 0.410 e. The van der Waals surface area contributed by atoms with Gasteiger partial charge in [-0.25, -0.2) is 28.5 Å². The molecule has 2 saturated heterocycles. The highest BCUT2D eigenvalue weighted by atomic mass is 32.2. The topological polar surface area (TPSA) is 176 Å². The average molecular weight is 750 g/mol. The van der Waals surface area contributed by atoms with Crippen LogP contribution in [0.5, 0.6) is 11.5 Å². The Balaban J connectivity index is 1.09. The summed E-state index contributed by atoms with van der Waals surface area (Å²) < 4.78 is 70.1. The number of nitrogens with zero attached hydrogens (tertiary/aromatic N) is 8. The van der Waals surface area contributed by atoms with Gasteiger partial charge in [0.15, 0.2) is 11.6 Å². The molecule has 15 nitrogen and oxygen atoms in total. The van der Waals surface area contributed by atoms with E-state index in [4.69, 9.17) is 9.47 Å². The molecule has 0 unspecified atom stereocenters. The molecule has 0 bridgehead atoms. The lowest BCUT2D eigenvalue weighted by molar-refractivity contribution is 0.00756. The monoisotopic (exact) mass is 749 g/mol. The number of nitriles is 1. The molecule has 1 atom stereocenters. The predicted molar refractivity (Wildman–Crippen MR) is 188 cm³/mol. The molecule has 3 fully saturated rings. The summed E-state index contributed by atoms with van der Waals surface area (Å²) in [5.41, 5.74) is -1.43. The van der Waals surface area contributed by atoms with E-state index in [1.54, 1.807) is 23.4 Å². The number of nitrogens with one attached hydrogen (secondary N) is 1. The van der Waals surface area contributed by atoms with Crippen molar-refractivity contribution in [2.24, 2.45) is 0 Å². The number of ether oxygens (including phenoxy) is 2. The average Bonchev–Trinajstić information content (AvgIpc) is 3.81. The van der Waals surface area contributed by atoms with Gasteiger partial charge in [0.05, 0.1) is 40.2 Å². The Morgan fingerprint density at radius 3 is 2.40 bits per heavy atom. The van der Waals surface area contributed by atoms with Gasteiger partial charge in [-0.1, -0.05) is 0 Å². The minimum absolute atomic E-state index is 0.0154. The fourth-order valence-electron chi connectivity index (χ4n) is 6.56. The maximum Gasteiger partial charge on any atom is 0.410 e. The summed E-state index contributed by atoms with van der Waals surface area (Å²) in [5, 5.41) is 10.0. The van der Waals surface area contributed by atoms with Gasteiger partial charge in [-0.3, -0.25) is 19.0 Å². The summed E-state index contributed by atoms with van der Waals surface area (Å²) in [7, 11) is -4.24. The first-order valence-corrected chi connectivity index (χ1v) is 18.5. The third-order valence-electron chi connectivity index (χ3n) is 9.44. The SMILES string of the molecule is CC(C)(C)OC(=O)N1CCN(C2(c3ncc(-n4cnc5ccc(Oc6c(F)ccc(NS(=O)(=O)N7CC[C@@H](F)C7)c6C#N)cc5c4=O)cn3)CC2)CC1. The molecule has 2 aromatic heterocycles. The third kappa shape index (κ3) is 7.24. The Labute approximate surface area is 304 Å². The number of hydrogen-bond acceptors (Lipinski definition) is 11. The van der Waals surface area contributed by atoms with E-state index in [1.165, 1.54) is 29.1 Å². The van der Waals surface area contributed by atoms with E-state index >= 15 is 4.39 Å². The van der Waals surface area contributed by atoms with Gasteiger partial charge in [-0.2, -0.15) is 18.0 Å². The van der Waals surface area contributed by atoms with Crippen LogP contribution in [0.15, 0.2) is 53.8 Å². The number of anilines is 1. The summed E-state index contributed by atoms with van der Waals surface area (Å²) in [6.07, 6.45) is 4.56. The molecule has 2 aliphatic heterocycles. The molecular weight excluding hydrogens is 713 g/mol. The Kier molecular flexibility index (Phi) is 9.29. The van der Waals surface area contributed by atoms with Crippen molar-refractivity contribution >= 4 is 32.9 Å². The van der Waals surface area contributed by atoms with Crippen LogP contribution in [0.1, 0.15) is 51.4 Å². The second kappa shape index (κ2) is 13.6. The normalized spacial score (nSPS) is 19.2. The van der Waals surface area contributed by atoms with Crippen LogP contribution in [0, 0.1) is 17.1 Å². The van der Waals surface area contributed by atoms with E-state index in [-0.39, 0.29) is 48.0 Å². The van der Waals surface area contributed by atoms with Gasteiger partial charge < -0.3 is 14.4 Å². The molecule has 278 valence electrons. The fraction of sp³-hybridized carbons (Fsp3) is 0.429. The molecule has 7 rings (SSSR count). The highest BCUT2D eigenvalue weighted by Gasteiger charge is 2.52. The summed E-state index contributed by atoms with van der Waals surface area (Å²) in [5.74, 6) is -0.908. The molecule has 1 amide bonds. The van der Waals surface area contributed by atoms with Gasteiger partial charge in [-0.05, 0) is 70.4 Å². The number of halogens is 2. The van der Waals surface area contributed by atoms with Crippen LogP contribution in [0.3, 0.4) is 0 Å². The van der Waals surface area contributed by atoms with E-state index in [1.807, 2.05) is 20.8 Å². The van der Waals surface area contributed by atoms with E-state index in [0.717, 1.165) is 29.3 Å². The maximum absolute atomic E-state index is 15.1. The summed E-state index contributed by atoms with van der Waals surface area (Å²) in [4.78, 5) is 43.9.